The lowest BCUT2D eigenvalue weighted by Crippen LogP contribution is -2.62. The van der Waals surface area contributed by atoms with Crippen LogP contribution < -0.4 is 70.8 Å². The minimum atomic E-state index is -1.81. The van der Waals surface area contributed by atoms with Gasteiger partial charge in [-0.25, -0.2) is 4.79 Å². The first-order valence-electron chi connectivity index (χ1n) is 31.2. The first-order chi connectivity index (χ1) is 43.3. The SMILES string of the molecule is CC[C@H](C)[C@@H]1NC(=O)[C@@H]2CCCN2C(=O)[C@@H]2CCCN2C(=O)[C@H]([C@@H](C)CC)NC(=O)[C@H](CO)NC(=O)CN(CCCC[NH3+])C(=O)[C@H]([C@@H](C)O)NC(=O)[C@@H](NC(=O)[C@H](CCCNC(N)N)NC(=O)C[NH3+])CSSC[C@@H](C(=O)N[C@@H](Cc2ccccc2)C(=O)O)NC1=O. The number of quaternary nitrogens is 2. The van der Waals surface area contributed by atoms with Gasteiger partial charge in [-0.1, -0.05) is 92.5 Å². The standard InChI is InChI=1S/C58H96N16O15S2/c1-6-32(3)45-53(84)68-39(50(81)66-37(57(88)89)26-35-16-9-8-10-17-35)30-90-91-31-40(67-48(79)36(64-43(77)27-60)18-13-22-63-58(61)62)51(82)71-47(34(5)76)55(86)72(23-12-11-21-59)28-44(78)65-38(29-75)49(80)70-46(33(4)7-2)56(87)74-25-15-20-42(74)54(85)73-24-14-19-41(73)52(83)69-45/h8-10,16-17,32-34,36-42,45-47,58,63,75-76H,6-7,11-15,18-31,59-62H2,1-5H3,(H,64,77)(H,65,78)(H,66,81)(H,67,79)(H,68,84)(H,69,83)(H,70,80)(H,71,82)(H,88,89)/p+2/t32-,33-,34+,36-,37-,38-,39-,40-,41-,42-,45-,46-,47-/m0/s1. The van der Waals surface area contributed by atoms with Gasteiger partial charge in [0, 0.05) is 37.6 Å². The third kappa shape index (κ3) is 23.7. The number of aliphatic hydroxyl groups excluding tert-OH is 2. The summed E-state index contributed by atoms with van der Waals surface area (Å²) < 4.78 is 0. The van der Waals surface area contributed by atoms with Gasteiger partial charge in [0.15, 0.2) is 6.54 Å². The Balaban J connectivity index is 1.86. The maximum atomic E-state index is 14.7. The minimum Gasteiger partial charge on any atom is -0.480 e. The van der Waals surface area contributed by atoms with Crippen LogP contribution in [0.1, 0.15) is 104 Å². The number of rotatable bonds is 24. The molecule has 3 saturated heterocycles. The van der Waals surface area contributed by atoms with Crippen LogP contribution in [0, 0.1) is 11.8 Å². The molecule has 0 aliphatic carbocycles. The van der Waals surface area contributed by atoms with Crippen LogP contribution in [0.5, 0.6) is 0 Å². The molecule has 0 saturated carbocycles. The lowest BCUT2D eigenvalue weighted by molar-refractivity contribution is -0.368. The number of nitrogens with two attached hydrogens (primary N) is 2. The van der Waals surface area contributed by atoms with E-state index in [0.29, 0.717) is 44.2 Å². The highest BCUT2D eigenvalue weighted by Crippen LogP contribution is 2.28. The summed E-state index contributed by atoms with van der Waals surface area (Å²) in [5.41, 5.74) is 19.3. The number of fused-ring (bicyclic) bond motifs is 2. The molecule has 33 heteroatoms. The van der Waals surface area contributed by atoms with Gasteiger partial charge in [0.25, 0.3) is 5.91 Å². The predicted octanol–water partition coefficient (Wildman–Crippen LogP) is -6.30. The van der Waals surface area contributed by atoms with Crippen molar-refractivity contribution < 1.29 is 84.3 Å². The summed E-state index contributed by atoms with van der Waals surface area (Å²) in [5, 5.41) is 55.8. The molecule has 1 aromatic carbocycles. The summed E-state index contributed by atoms with van der Waals surface area (Å²) in [6.45, 7) is 6.89. The van der Waals surface area contributed by atoms with E-state index in [1.54, 1.807) is 58.0 Å². The maximum Gasteiger partial charge on any atom is 0.326 e. The first kappa shape index (κ1) is 76.7. The summed E-state index contributed by atoms with van der Waals surface area (Å²) >= 11 is 0. The average Bonchev–Trinajstić information content (AvgIpc) is 1.74. The van der Waals surface area contributed by atoms with Gasteiger partial charge in [-0.3, -0.25) is 58.1 Å². The van der Waals surface area contributed by atoms with Gasteiger partial charge in [-0.2, -0.15) is 0 Å². The van der Waals surface area contributed by atoms with Gasteiger partial charge in [0.05, 0.1) is 25.8 Å². The second kappa shape index (κ2) is 39.0. The van der Waals surface area contributed by atoms with E-state index in [4.69, 9.17) is 11.5 Å². The number of carbonyl (C=O) groups excluding carboxylic acids is 11. The summed E-state index contributed by atoms with van der Waals surface area (Å²) in [5.74, 6) is -12.3. The van der Waals surface area contributed by atoms with Crippen molar-refractivity contribution in [2.45, 2.75) is 178 Å². The van der Waals surface area contributed by atoms with Crippen LogP contribution in [-0.2, 0) is 64.0 Å². The number of nitrogens with zero attached hydrogens (tertiary/aromatic N) is 3. The van der Waals surface area contributed by atoms with E-state index in [9.17, 15) is 72.9 Å². The second-order valence-electron chi connectivity index (χ2n) is 23.2. The van der Waals surface area contributed by atoms with E-state index in [0.717, 1.165) is 26.5 Å². The molecule has 13 atom stereocenters. The fraction of sp³-hybridized carbons (Fsp3) is 0.690. The van der Waals surface area contributed by atoms with Crippen LogP contribution in [0.25, 0.3) is 0 Å². The number of aliphatic carboxylic acids is 1. The lowest BCUT2D eigenvalue weighted by Gasteiger charge is -2.35. The first-order valence-corrected chi connectivity index (χ1v) is 33.7. The van der Waals surface area contributed by atoms with Gasteiger partial charge in [-0.05, 0) is 82.2 Å². The topological polar surface area (TPSA) is 491 Å². The Morgan fingerprint density at radius 2 is 1.33 bits per heavy atom. The Labute approximate surface area is 538 Å². The van der Waals surface area contributed by atoms with Crippen molar-refractivity contribution in [2.75, 3.05) is 63.9 Å². The molecule has 3 heterocycles. The van der Waals surface area contributed by atoms with Crippen LogP contribution in [0.2, 0.25) is 0 Å². The Bertz CT molecular complexity index is 2630. The highest BCUT2D eigenvalue weighted by atomic mass is 33.1. The molecule has 91 heavy (non-hydrogen) atoms. The quantitative estimate of drug-likeness (QED) is 0.0260. The average molecular weight is 1320 g/mol. The third-order valence-corrected chi connectivity index (χ3v) is 18.8. The zero-order chi connectivity index (χ0) is 67.5. The van der Waals surface area contributed by atoms with Crippen molar-refractivity contribution >= 4 is 92.5 Å². The third-order valence-electron chi connectivity index (χ3n) is 16.3. The number of aliphatic hydroxyl groups is 2. The van der Waals surface area contributed by atoms with Crippen LogP contribution >= 0.6 is 21.6 Å². The highest BCUT2D eigenvalue weighted by Gasteiger charge is 2.46. The van der Waals surface area contributed by atoms with E-state index >= 15 is 0 Å². The molecule has 3 aliphatic heterocycles. The van der Waals surface area contributed by atoms with Crippen molar-refractivity contribution in [3.8, 4) is 0 Å². The summed E-state index contributed by atoms with van der Waals surface area (Å²) in [7, 11) is 1.80. The molecule has 3 fully saturated rings. The summed E-state index contributed by atoms with van der Waals surface area (Å²) in [6.07, 6.45) is 0.137. The smallest absolute Gasteiger partial charge is 0.326 e. The van der Waals surface area contributed by atoms with Gasteiger partial charge >= 0.3 is 5.97 Å². The van der Waals surface area contributed by atoms with Gasteiger partial charge in [0.2, 0.25) is 59.1 Å². The number of benzene rings is 1. The van der Waals surface area contributed by atoms with Gasteiger partial charge < -0.3 is 95.5 Å². The Hall–Kier alpha value is -6.72. The van der Waals surface area contributed by atoms with Crippen molar-refractivity contribution in [2.24, 2.45) is 23.3 Å². The molecule has 3 aliphatic rings. The Morgan fingerprint density at radius 3 is 1.93 bits per heavy atom. The van der Waals surface area contributed by atoms with Crippen molar-refractivity contribution in [3.05, 3.63) is 35.9 Å². The molecule has 510 valence electrons. The highest BCUT2D eigenvalue weighted by molar-refractivity contribution is 8.76. The zero-order valence-corrected chi connectivity index (χ0v) is 54.4. The molecule has 0 aromatic heterocycles. The van der Waals surface area contributed by atoms with E-state index in [2.05, 4.69) is 59.3 Å². The molecular weight excluding hydrogens is 1220 g/mol. The minimum absolute atomic E-state index is 0.00567. The number of carboxylic acids is 1. The molecule has 31 nitrogen and oxygen atoms in total. The molecule has 0 spiro atoms. The molecule has 0 radical (unpaired) electrons. The number of carbonyl (C=O) groups is 12. The second-order valence-corrected chi connectivity index (χ2v) is 25.8. The lowest BCUT2D eigenvalue weighted by atomic mass is 9.96. The number of hydrogen-bond donors (Lipinski definition) is 16. The largest absolute Gasteiger partial charge is 0.480 e. The van der Waals surface area contributed by atoms with Gasteiger partial charge in [0.1, 0.15) is 66.7 Å². The number of hydrogen-bond acceptors (Lipinski definition) is 19. The molecule has 4 rings (SSSR count). The van der Waals surface area contributed by atoms with Crippen molar-refractivity contribution in [3.63, 3.8) is 0 Å². The van der Waals surface area contributed by atoms with E-state index in [1.807, 2.05) is 0 Å². The molecule has 22 N–H and O–H groups in total. The number of nitrogens with one attached hydrogen (secondary N) is 9. The van der Waals surface area contributed by atoms with Crippen LogP contribution in [-0.4, -0.2) is 238 Å². The predicted molar refractivity (Wildman–Crippen MR) is 336 cm³/mol. The van der Waals surface area contributed by atoms with E-state index in [1.165, 1.54) is 16.7 Å². The molecular formula is C58H98N16O15S2+2. The Morgan fingerprint density at radius 1 is 0.714 bits per heavy atom. The number of carboxylic acid groups (broad SMARTS) is 1. The van der Waals surface area contributed by atoms with Crippen LogP contribution in [0.15, 0.2) is 30.3 Å². The van der Waals surface area contributed by atoms with Crippen molar-refractivity contribution in [1.29, 1.82) is 0 Å². The normalized spacial score (nSPS) is 24.9. The molecule has 0 unspecified atom stereocenters. The van der Waals surface area contributed by atoms with E-state index in [-0.39, 0.29) is 82.8 Å². The van der Waals surface area contributed by atoms with Crippen LogP contribution in [0.3, 0.4) is 0 Å². The van der Waals surface area contributed by atoms with Crippen LogP contribution in [0.4, 0.5) is 0 Å². The monoisotopic (exact) mass is 1320 g/mol. The maximum absolute atomic E-state index is 14.7. The molecule has 11 amide bonds. The van der Waals surface area contributed by atoms with Gasteiger partial charge in [-0.15, -0.1) is 0 Å². The molecule has 1 aromatic rings. The Kier molecular flexibility index (Phi) is 32.9. The molecule has 0 bridgehead atoms. The fourth-order valence-electron chi connectivity index (χ4n) is 10.6. The van der Waals surface area contributed by atoms with E-state index < -0.39 is 169 Å². The summed E-state index contributed by atoms with van der Waals surface area (Å²) in [4.78, 5) is 174. The zero-order valence-electron chi connectivity index (χ0n) is 52.8. The number of unbranched alkanes of at least 4 members (excludes halogenated alkanes) is 1. The summed E-state index contributed by atoms with van der Waals surface area (Å²) in [6, 6.07) is -5.71. The van der Waals surface area contributed by atoms with Crippen molar-refractivity contribution in [1.82, 2.24) is 62.6 Å². The fourth-order valence-corrected chi connectivity index (χ4v) is 12.9. The number of amides is 11.